The average Bonchev–Trinajstić information content (AvgIpc) is 3.25. The molecule has 1 aliphatic rings. The predicted octanol–water partition coefficient (Wildman–Crippen LogP) is 5.14. The summed E-state index contributed by atoms with van der Waals surface area (Å²) in [5.41, 5.74) is 2.67. The zero-order valence-corrected chi connectivity index (χ0v) is 19.9. The summed E-state index contributed by atoms with van der Waals surface area (Å²) >= 11 is 0. The molecule has 0 unspecified atom stereocenters. The molecule has 0 radical (unpaired) electrons. The molecule has 1 aliphatic heterocycles. The van der Waals surface area contributed by atoms with E-state index < -0.39 is 18.1 Å². The van der Waals surface area contributed by atoms with Gasteiger partial charge in [0.1, 0.15) is 12.7 Å². The molecule has 0 saturated carbocycles. The van der Waals surface area contributed by atoms with Gasteiger partial charge >= 0.3 is 0 Å². The fourth-order valence-electron chi connectivity index (χ4n) is 3.85. The summed E-state index contributed by atoms with van der Waals surface area (Å²) in [6.45, 7) is 6.51. The van der Waals surface area contributed by atoms with Crippen molar-refractivity contribution in [2.75, 3.05) is 10.2 Å². The summed E-state index contributed by atoms with van der Waals surface area (Å²) in [7, 11) is 0. The van der Waals surface area contributed by atoms with Crippen LogP contribution < -0.4 is 10.2 Å². The maximum atomic E-state index is 13.4. The van der Waals surface area contributed by atoms with E-state index in [1.807, 2.05) is 0 Å². The van der Waals surface area contributed by atoms with Crippen molar-refractivity contribution in [1.82, 2.24) is 14.8 Å². The van der Waals surface area contributed by atoms with E-state index in [1.165, 1.54) is 0 Å². The van der Waals surface area contributed by atoms with E-state index in [2.05, 4.69) is 27.5 Å². The van der Waals surface area contributed by atoms with Crippen LogP contribution in [0.1, 0.15) is 50.4 Å². The molecule has 1 atom stereocenters. The van der Waals surface area contributed by atoms with Crippen LogP contribution in [0.4, 0.5) is 22.0 Å². The van der Waals surface area contributed by atoms with E-state index >= 15 is 0 Å². The van der Waals surface area contributed by atoms with Gasteiger partial charge in [0.25, 0.3) is 5.95 Å². The number of alkyl halides is 1. The van der Waals surface area contributed by atoms with Gasteiger partial charge in [-0.25, -0.2) is 9.07 Å². The number of halogens is 1. The number of carbonyl (C=O) groups is 1. The Morgan fingerprint density at radius 2 is 1.86 bits per heavy atom. The lowest BCUT2D eigenvalue weighted by Crippen LogP contribution is -2.31. The van der Waals surface area contributed by atoms with Crippen molar-refractivity contribution in [1.29, 1.82) is 10.5 Å². The molecule has 0 bridgehead atoms. The predicted molar refractivity (Wildman–Crippen MR) is 129 cm³/mol. The van der Waals surface area contributed by atoms with Gasteiger partial charge in [0, 0.05) is 16.8 Å². The molecule has 0 saturated heterocycles. The second kappa shape index (κ2) is 9.03. The Labute approximate surface area is 202 Å². The van der Waals surface area contributed by atoms with Crippen LogP contribution in [0, 0.1) is 28.1 Å². The Balaban J connectivity index is 1.92. The van der Waals surface area contributed by atoms with Crippen molar-refractivity contribution in [3.63, 3.8) is 0 Å². The van der Waals surface area contributed by atoms with Gasteiger partial charge in [-0.15, -0.1) is 5.10 Å². The van der Waals surface area contributed by atoms with E-state index in [0.29, 0.717) is 34.0 Å². The molecule has 0 fully saturated rings. The van der Waals surface area contributed by atoms with Crippen LogP contribution in [0.5, 0.6) is 0 Å². The number of anilines is 3. The maximum absolute atomic E-state index is 13.4. The fourth-order valence-corrected chi connectivity index (χ4v) is 3.85. The molecule has 0 aliphatic carbocycles. The summed E-state index contributed by atoms with van der Waals surface area (Å²) in [6, 6.07) is 17.6. The summed E-state index contributed by atoms with van der Waals surface area (Å²) in [6.07, 6.45) is 0. The fraction of sp³-hybridized carbons (Fsp3) is 0.269. The quantitative estimate of drug-likeness (QED) is 0.566. The van der Waals surface area contributed by atoms with E-state index in [1.54, 1.807) is 85.8 Å². The SMILES string of the molecule is CC1=C(C#N)[C@@H](c2ccc(C#N)cc2)n2nc(NC(=O)C(C)(C)C)nc2N1c1cccc(CF)c1. The van der Waals surface area contributed by atoms with Gasteiger partial charge in [-0.3, -0.25) is 15.0 Å². The molecule has 4 rings (SSSR count). The van der Waals surface area contributed by atoms with Crippen molar-refractivity contribution >= 4 is 23.5 Å². The summed E-state index contributed by atoms with van der Waals surface area (Å²) in [5, 5.41) is 26.7. The van der Waals surface area contributed by atoms with Crippen LogP contribution in [0.25, 0.3) is 0 Å². The zero-order chi connectivity index (χ0) is 25.3. The van der Waals surface area contributed by atoms with Gasteiger partial charge in [0.15, 0.2) is 0 Å². The minimum atomic E-state index is -0.667. The van der Waals surface area contributed by atoms with Gasteiger partial charge in [-0.1, -0.05) is 45.0 Å². The average molecular weight is 470 g/mol. The Hall–Kier alpha value is -4.50. The number of amides is 1. The number of nitrogens with one attached hydrogen (secondary N) is 1. The summed E-state index contributed by atoms with van der Waals surface area (Å²) in [5.74, 6) is 0.208. The standard InChI is InChI=1S/C26H24FN7O/c1-16-21(15-29)22(19-10-8-17(14-28)9-11-19)34-25(31-24(32-34)30-23(35)26(2,3)4)33(16)20-7-5-6-18(12-20)13-27/h5-12,22H,13H2,1-4H3,(H,30,32,35)/t22-/m1/s1. The van der Waals surface area contributed by atoms with Crippen LogP contribution in [0.2, 0.25) is 0 Å². The minimum absolute atomic E-state index is 0.0946. The maximum Gasteiger partial charge on any atom is 0.250 e. The van der Waals surface area contributed by atoms with Crippen LogP contribution in [0.15, 0.2) is 59.8 Å². The Morgan fingerprint density at radius 3 is 2.46 bits per heavy atom. The summed E-state index contributed by atoms with van der Waals surface area (Å²) in [4.78, 5) is 19.0. The molecule has 3 aromatic rings. The second-order valence-electron chi connectivity index (χ2n) is 9.27. The lowest BCUT2D eigenvalue weighted by atomic mass is 9.95. The number of nitrogens with zero attached hydrogens (tertiary/aromatic N) is 6. The highest BCUT2D eigenvalue weighted by Gasteiger charge is 2.36. The number of rotatable bonds is 4. The molecule has 176 valence electrons. The first-order valence-corrected chi connectivity index (χ1v) is 11.0. The van der Waals surface area contributed by atoms with Gasteiger partial charge in [-0.05, 0) is 42.3 Å². The van der Waals surface area contributed by atoms with Crippen molar-refractivity contribution in [2.24, 2.45) is 5.41 Å². The first kappa shape index (κ1) is 23.7. The lowest BCUT2D eigenvalue weighted by Gasteiger charge is -2.34. The molecule has 1 N–H and O–H groups in total. The van der Waals surface area contributed by atoms with Gasteiger partial charge in [0.2, 0.25) is 11.9 Å². The molecule has 0 spiro atoms. The van der Waals surface area contributed by atoms with E-state index in [4.69, 9.17) is 0 Å². The number of aromatic nitrogens is 3. The third kappa shape index (κ3) is 4.36. The van der Waals surface area contributed by atoms with E-state index in [-0.39, 0.29) is 11.9 Å². The number of fused-ring (bicyclic) bond motifs is 1. The van der Waals surface area contributed by atoms with Crippen LogP contribution in [0.3, 0.4) is 0 Å². The van der Waals surface area contributed by atoms with E-state index in [0.717, 1.165) is 5.56 Å². The highest BCUT2D eigenvalue weighted by atomic mass is 19.1. The third-order valence-corrected chi connectivity index (χ3v) is 5.76. The lowest BCUT2D eigenvalue weighted by molar-refractivity contribution is -0.123. The normalized spacial score (nSPS) is 15.3. The molecule has 35 heavy (non-hydrogen) atoms. The number of hydrogen-bond donors (Lipinski definition) is 1. The first-order valence-electron chi connectivity index (χ1n) is 11.0. The third-order valence-electron chi connectivity index (χ3n) is 5.76. The van der Waals surface area contributed by atoms with Crippen molar-refractivity contribution in [2.45, 2.75) is 40.4 Å². The summed E-state index contributed by atoms with van der Waals surface area (Å²) < 4.78 is 15.0. The van der Waals surface area contributed by atoms with Gasteiger partial charge < -0.3 is 0 Å². The molecule has 2 aromatic carbocycles. The topological polar surface area (TPSA) is 111 Å². The minimum Gasteiger partial charge on any atom is -0.293 e. The van der Waals surface area contributed by atoms with Crippen LogP contribution in [-0.4, -0.2) is 20.7 Å². The Morgan fingerprint density at radius 1 is 1.14 bits per heavy atom. The molecule has 9 heteroatoms. The number of nitriles is 2. The largest absolute Gasteiger partial charge is 0.293 e. The van der Waals surface area contributed by atoms with Gasteiger partial charge in [-0.2, -0.15) is 15.5 Å². The number of hydrogen-bond acceptors (Lipinski definition) is 6. The Bertz CT molecular complexity index is 1400. The number of benzene rings is 2. The Kier molecular flexibility index (Phi) is 6.10. The molecule has 1 aromatic heterocycles. The highest BCUT2D eigenvalue weighted by Crippen LogP contribution is 2.42. The zero-order valence-electron chi connectivity index (χ0n) is 19.9. The number of allylic oxidation sites excluding steroid dienone is 2. The molecule has 1 amide bonds. The van der Waals surface area contributed by atoms with Crippen molar-refractivity contribution in [3.05, 3.63) is 76.5 Å². The molecular formula is C26H24FN7O. The van der Waals surface area contributed by atoms with E-state index in [9.17, 15) is 19.7 Å². The molecule has 8 nitrogen and oxygen atoms in total. The smallest absolute Gasteiger partial charge is 0.250 e. The molecule has 2 heterocycles. The van der Waals surface area contributed by atoms with Crippen LogP contribution >= 0.6 is 0 Å². The monoisotopic (exact) mass is 469 g/mol. The first-order chi connectivity index (χ1) is 16.7. The second-order valence-corrected chi connectivity index (χ2v) is 9.27. The number of carbonyl (C=O) groups excluding carboxylic acids is 1. The molecular weight excluding hydrogens is 445 g/mol. The van der Waals surface area contributed by atoms with Crippen LogP contribution in [-0.2, 0) is 11.5 Å². The highest BCUT2D eigenvalue weighted by molar-refractivity contribution is 5.93. The van der Waals surface area contributed by atoms with Crippen molar-refractivity contribution < 1.29 is 9.18 Å². The van der Waals surface area contributed by atoms with Gasteiger partial charge in [0.05, 0.1) is 23.3 Å². The van der Waals surface area contributed by atoms with Crippen molar-refractivity contribution in [3.8, 4) is 12.1 Å².